The lowest BCUT2D eigenvalue weighted by Crippen LogP contribution is -2.44. The van der Waals surface area contributed by atoms with Gasteiger partial charge in [-0.1, -0.05) is 5.16 Å². The molecule has 3 aromatic heterocycles. The van der Waals surface area contributed by atoms with Crippen LogP contribution in [0.5, 0.6) is 5.88 Å². The topological polar surface area (TPSA) is 82.1 Å². The van der Waals surface area contributed by atoms with E-state index in [0.717, 1.165) is 35.8 Å². The summed E-state index contributed by atoms with van der Waals surface area (Å²) in [6.45, 7) is 5.79. The van der Waals surface area contributed by atoms with Gasteiger partial charge in [-0.15, -0.1) is 0 Å². The molecule has 3 aromatic rings. The second-order valence-corrected chi connectivity index (χ2v) is 6.75. The van der Waals surface area contributed by atoms with E-state index >= 15 is 0 Å². The highest BCUT2D eigenvalue weighted by Crippen LogP contribution is 2.24. The Labute approximate surface area is 151 Å². The zero-order chi connectivity index (χ0) is 18.1. The summed E-state index contributed by atoms with van der Waals surface area (Å²) in [6.07, 6.45) is 6.10. The Kier molecular flexibility index (Phi) is 4.42. The maximum absolute atomic E-state index is 5.94. The molecule has 1 atom stereocenters. The molecule has 0 unspecified atom stereocenters. The van der Waals surface area contributed by atoms with E-state index in [1.54, 1.807) is 12.4 Å². The summed E-state index contributed by atoms with van der Waals surface area (Å²) in [5.74, 6) is 1.37. The molecular formula is C18H22N6O2. The number of aromatic nitrogens is 5. The Morgan fingerprint density at radius 1 is 1.31 bits per heavy atom. The predicted molar refractivity (Wildman–Crippen MR) is 93.5 cm³/mol. The lowest BCUT2D eigenvalue weighted by atomic mass is 10.0. The first-order chi connectivity index (χ1) is 12.6. The van der Waals surface area contributed by atoms with Crippen LogP contribution < -0.4 is 4.74 Å². The third kappa shape index (κ3) is 3.45. The number of nitrogens with zero attached hydrogens (tertiary/aromatic N) is 6. The fourth-order valence-electron chi connectivity index (χ4n) is 3.31. The van der Waals surface area contributed by atoms with Gasteiger partial charge in [0.15, 0.2) is 0 Å². The van der Waals surface area contributed by atoms with Gasteiger partial charge in [0, 0.05) is 44.5 Å². The molecule has 8 heteroatoms. The van der Waals surface area contributed by atoms with Crippen LogP contribution >= 0.6 is 0 Å². The summed E-state index contributed by atoms with van der Waals surface area (Å²) in [5.41, 5.74) is 4.12. The second kappa shape index (κ2) is 6.87. The van der Waals surface area contributed by atoms with Crippen LogP contribution in [0.4, 0.5) is 0 Å². The van der Waals surface area contributed by atoms with E-state index in [4.69, 9.17) is 9.26 Å². The largest absolute Gasteiger partial charge is 0.475 e. The van der Waals surface area contributed by atoms with Crippen molar-refractivity contribution in [1.29, 1.82) is 0 Å². The van der Waals surface area contributed by atoms with E-state index in [1.807, 2.05) is 33.3 Å². The fourth-order valence-corrected chi connectivity index (χ4v) is 3.31. The van der Waals surface area contributed by atoms with E-state index in [1.165, 1.54) is 5.69 Å². The SMILES string of the molecule is Cc1cncc(OC[C@@H]2Cc3c(ncn3C)CN2Cc2cc(C)on2)n1. The Bertz CT molecular complexity index is 903. The molecule has 0 amide bonds. The fraction of sp³-hybridized carbons (Fsp3) is 0.444. The van der Waals surface area contributed by atoms with Crippen molar-refractivity contribution >= 4 is 0 Å². The van der Waals surface area contributed by atoms with Crippen molar-refractivity contribution in [2.24, 2.45) is 7.05 Å². The smallest absolute Gasteiger partial charge is 0.232 e. The Morgan fingerprint density at radius 3 is 2.96 bits per heavy atom. The molecule has 0 aliphatic carbocycles. The Morgan fingerprint density at radius 2 is 2.19 bits per heavy atom. The van der Waals surface area contributed by atoms with Crippen LogP contribution in [0, 0.1) is 13.8 Å². The molecule has 0 aromatic carbocycles. The maximum atomic E-state index is 5.94. The van der Waals surface area contributed by atoms with E-state index in [-0.39, 0.29) is 6.04 Å². The average molecular weight is 354 g/mol. The molecular weight excluding hydrogens is 332 g/mol. The molecule has 0 radical (unpaired) electrons. The molecule has 0 saturated carbocycles. The number of hydrogen-bond donors (Lipinski definition) is 0. The van der Waals surface area contributed by atoms with E-state index in [2.05, 4.69) is 29.6 Å². The average Bonchev–Trinajstić information content (AvgIpc) is 3.19. The summed E-state index contributed by atoms with van der Waals surface area (Å²) in [5, 5.41) is 4.13. The molecule has 26 heavy (non-hydrogen) atoms. The highest BCUT2D eigenvalue weighted by molar-refractivity contribution is 5.19. The van der Waals surface area contributed by atoms with Gasteiger partial charge in [0.25, 0.3) is 0 Å². The molecule has 0 fully saturated rings. The van der Waals surface area contributed by atoms with Crippen LogP contribution in [-0.2, 0) is 26.6 Å². The number of hydrogen-bond acceptors (Lipinski definition) is 7. The summed E-state index contributed by atoms with van der Waals surface area (Å²) >= 11 is 0. The number of rotatable bonds is 5. The molecule has 4 heterocycles. The van der Waals surface area contributed by atoms with Crippen molar-refractivity contribution in [3.8, 4) is 5.88 Å². The third-order valence-corrected chi connectivity index (χ3v) is 4.64. The molecule has 4 rings (SSSR count). The summed E-state index contributed by atoms with van der Waals surface area (Å²) in [4.78, 5) is 15.4. The van der Waals surface area contributed by atoms with Crippen molar-refractivity contribution in [3.63, 3.8) is 0 Å². The molecule has 0 spiro atoms. The molecule has 0 N–H and O–H groups in total. The van der Waals surface area contributed by atoms with Gasteiger partial charge in [-0.25, -0.2) is 9.97 Å². The predicted octanol–water partition coefficient (Wildman–Crippen LogP) is 1.82. The second-order valence-electron chi connectivity index (χ2n) is 6.75. The van der Waals surface area contributed by atoms with Crippen LogP contribution in [0.2, 0.25) is 0 Å². The van der Waals surface area contributed by atoms with Crippen molar-refractivity contribution in [2.45, 2.75) is 39.4 Å². The summed E-state index contributed by atoms with van der Waals surface area (Å²) < 4.78 is 13.2. The van der Waals surface area contributed by atoms with Gasteiger partial charge in [-0.05, 0) is 13.8 Å². The molecule has 0 saturated heterocycles. The van der Waals surface area contributed by atoms with Crippen LogP contribution in [0.1, 0.15) is 28.5 Å². The van der Waals surface area contributed by atoms with E-state index < -0.39 is 0 Å². The molecule has 1 aliphatic rings. The van der Waals surface area contributed by atoms with Crippen molar-refractivity contribution in [1.82, 2.24) is 29.6 Å². The van der Waals surface area contributed by atoms with Gasteiger partial charge in [-0.2, -0.15) is 0 Å². The van der Waals surface area contributed by atoms with Gasteiger partial charge in [0.2, 0.25) is 5.88 Å². The van der Waals surface area contributed by atoms with Crippen LogP contribution in [0.15, 0.2) is 29.3 Å². The van der Waals surface area contributed by atoms with Gasteiger partial charge in [0.1, 0.15) is 12.4 Å². The number of ether oxygens (including phenoxy) is 1. The minimum atomic E-state index is 0.192. The number of fused-ring (bicyclic) bond motifs is 1. The van der Waals surface area contributed by atoms with Gasteiger partial charge in [-0.3, -0.25) is 9.88 Å². The van der Waals surface area contributed by atoms with E-state index in [9.17, 15) is 0 Å². The zero-order valence-electron chi connectivity index (χ0n) is 15.2. The summed E-state index contributed by atoms with van der Waals surface area (Å²) in [7, 11) is 2.03. The van der Waals surface area contributed by atoms with Crippen LogP contribution in [-0.4, -0.2) is 42.2 Å². The number of aryl methyl sites for hydroxylation is 3. The van der Waals surface area contributed by atoms with Crippen LogP contribution in [0.3, 0.4) is 0 Å². The molecule has 8 nitrogen and oxygen atoms in total. The van der Waals surface area contributed by atoms with Gasteiger partial charge < -0.3 is 13.8 Å². The van der Waals surface area contributed by atoms with E-state index in [0.29, 0.717) is 19.0 Å². The minimum Gasteiger partial charge on any atom is -0.475 e. The number of imidazole rings is 1. The van der Waals surface area contributed by atoms with Gasteiger partial charge in [0.05, 0.1) is 35.6 Å². The molecule has 0 bridgehead atoms. The third-order valence-electron chi connectivity index (χ3n) is 4.64. The van der Waals surface area contributed by atoms with Gasteiger partial charge >= 0.3 is 0 Å². The Hall–Kier alpha value is -2.74. The monoisotopic (exact) mass is 354 g/mol. The minimum absolute atomic E-state index is 0.192. The molecule has 1 aliphatic heterocycles. The van der Waals surface area contributed by atoms with Crippen molar-refractivity contribution < 1.29 is 9.26 Å². The standard InChI is InChI=1S/C18H22N6O2/c1-12-6-19-7-18(21-12)25-10-15-5-17-16(20-11-23(17)3)9-24(15)8-14-4-13(2)26-22-14/h4,6-7,11,15H,5,8-10H2,1-3H3/t15-/m0/s1. The normalized spacial score (nSPS) is 17.3. The van der Waals surface area contributed by atoms with Crippen LogP contribution in [0.25, 0.3) is 0 Å². The highest BCUT2D eigenvalue weighted by atomic mass is 16.5. The first-order valence-corrected chi connectivity index (χ1v) is 8.65. The Balaban J connectivity index is 1.52. The quantitative estimate of drug-likeness (QED) is 0.691. The highest BCUT2D eigenvalue weighted by Gasteiger charge is 2.30. The lowest BCUT2D eigenvalue weighted by molar-refractivity contribution is 0.102. The molecule has 136 valence electrons. The zero-order valence-corrected chi connectivity index (χ0v) is 15.2. The first-order valence-electron chi connectivity index (χ1n) is 8.65. The lowest BCUT2D eigenvalue weighted by Gasteiger charge is -2.34. The summed E-state index contributed by atoms with van der Waals surface area (Å²) in [6, 6.07) is 2.16. The van der Waals surface area contributed by atoms with Crippen molar-refractivity contribution in [2.75, 3.05) is 6.61 Å². The van der Waals surface area contributed by atoms with Crippen molar-refractivity contribution in [3.05, 3.63) is 53.3 Å². The first kappa shape index (κ1) is 16.7. The maximum Gasteiger partial charge on any atom is 0.232 e.